The first kappa shape index (κ1) is 14.1. The lowest BCUT2D eigenvalue weighted by Gasteiger charge is -2.12. The Labute approximate surface area is 123 Å². The van der Waals surface area contributed by atoms with E-state index >= 15 is 0 Å². The maximum atomic E-state index is 13.6. The predicted molar refractivity (Wildman–Crippen MR) is 76.8 cm³/mol. The molecule has 2 rings (SSSR count). The SMILES string of the molecule is NNc1nc(Nc2c(F)cccc2Cl)c(Cl)cc1Cl. The lowest BCUT2D eigenvalue weighted by atomic mass is 10.3. The van der Waals surface area contributed by atoms with Crippen molar-refractivity contribution in [1.29, 1.82) is 0 Å². The topological polar surface area (TPSA) is 63.0 Å². The first-order valence-electron chi connectivity index (χ1n) is 5.06. The number of aromatic nitrogens is 1. The number of anilines is 3. The van der Waals surface area contributed by atoms with Crippen molar-refractivity contribution in [2.75, 3.05) is 10.7 Å². The minimum atomic E-state index is -0.525. The molecule has 0 aliphatic heterocycles. The number of hydrazine groups is 1. The zero-order chi connectivity index (χ0) is 14.0. The fourth-order valence-corrected chi connectivity index (χ4v) is 2.06. The van der Waals surface area contributed by atoms with E-state index in [0.717, 1.165) is 0 Å². The molecule has 4 nitrogen and oxygen atoms in total. The molecule has 1 aromatic carbocycles. The minimum absolute atomic E-state index is 0.0730. The van der Waals surface area contributed by atoms with Crippen molar-refractivity contribution in [3.8, 4) is 0 Å². The number of pyridine rings is 1. The van der Waals surface area contributed by atoms with Crippen molar-refractivity contribution >= 4 is 52.1 Å². The van der Waals surface area contributed by atoms with E-state index in [1.807, 2.05) is 0 Å². The second kappa shape index (κ2) is 5.79. The first-order valence-corrected chi connectivity index (χ1v) is 6.20. The second-order valence-electron chi connectivity index (χ2n) is 3.52. The largest absolute Gasteiger partial charge is 0.335 e. The highest BCUT2D eigenvalue weighted by atomic mass is 35.5. The number of hydrogen-bond acceptors (Lipinski definition) is 4. The van der Waals surface area contributed by atoms with Crippen LogP contribution in [-0.4, -0.2) is 4.98 Å². The molecule has 0 spiro atoms. The van der Waals surface area contributed by atoms with Gasteiger partial charge in [0.2, 0.25) is 0 Å². The quantitative estimate of drug-likeness (QED) is 0.585. The van der Waals surface area contributed by atoms with Crippen LogP contribution in [0.25, 0.3) is 0 Å². The van der Waals surface area contributed by atoms with E-state index in [4.69, 9.17) is 40.6 Å². The molecular formula is C11H8Cl3FN4. The predicted octanol–water partition coefficient (Wildman–Crippen LogP) is 4.21. The standard InChI is InChI=1S/C11H8Cl3FN4/c12-5-2-1-3-8(15)9(5)17-10-6(13)4-7(14)11(18-10)19-16/h1-4H,16H2,(H2,17,18,19). The molecule has 8 heteroatoms. The second-order valence-corrected chi connectivity index (χ2v) is 4.74. The molecule has 0 atom stereocenters. The fourth-order valence-electron chi connectivity index (χ4n) is 1.39. The van der Waals surface area contributed by atoms with Gasteiger partial charge in [0, 0.05) is 0 Å². The van der Waals surface area contributed by atoms with Gasteiger partial charge in [0.25, 0.3) is 0 Å². The summed E-state index contributed by atoms with van der Waals surface area (Å²) in [6, 6.07) is 5.73. The summed E-state index contributed by atoms with van der Waals surface area (Å²) in [6.45, 7) is 0. The van der Waals surface area contributed by atoms with Gasteiger partial charge in [0.05, 0.1) is 20.8 Å². The minimum Gasteiger partial charge on any atom is -0.335 e. The van der Waals surface area contributed by atoms with Gasteiger partial charge in [-0.3, -0.25) is 0 Å². The molecule has 0 saturated heterocycles. The van der Waals surface area contributed by atoms with Crippen molar-refractivity contribution in [3.05, 3.63) is 45.2 Å². The van der Waals surface area contributed by atoms with Crippen LogP contribution in [0.1, 0.15) is 0 Å². The normalized spacial score (nSPS) is 10.4. The summed E-state index contributed by atoms with van der Waals surface area (Å²) in [6.07, 6.45) is 0. The third-order valence-corrected chi connectivity index (χ3v) is 3.16. The van der Waals surface area contributed by atoms with Crippen molar-refractivity contribution in [2.45, 2.75) is 0 Å². The molecule has 0 fully saturated rings. The smallest absolute Gasteiger partial charge is 0.161 e. The van der Waals surface area contributed by atoms with Gasteiger partial charge in [-0.2, -0.15) is 0 Å². The third kappa shape index (κ3) is 3.01. The van der Waals surface area contributed by atoms with Crippen molar-refractivity contribution < 1.29 is 4.39 Å². The molecule has 0 aliphatic rings. The van der Waals surface area contributed by atoms with E-state index in [1.165, 1.54) is 18.2 Å². The van der Waals surface area contributed by atoms with Gasteiger partial charge in [-0.25, -0.2) is 15.2 Å². The Morgan fingerprint density at radius 1 is 1.05 bits per heavy atom. The van der Waals surface area contributed by atoms with Gasteiger partial charge in [-0.1, -0.05) is 40.9 Å². The molecule has 2 aromatic rings. The monoisotopic (exact) mass is 320 g/mol. The van der Waals surface area contributed by atoms with E-state index in [-0.39, 0.29) is 32.4 Å². The van der Waals surface area contributed by atoms with Gasteiger partial charge in [0.1, 0.15) is 5.82 Å². The zero-order valence-electron chi connectivity index (χ0n) is 9.35. The molecule has 0 saturated carbocycles. The Morgan fingerprint density at radius 2 is 1.74 bits per heavy atom. The molecule has 4 N–H and O–H groups in total. The molecule has 0 unspecified atom stereocenters. The van der Waals surface area contributed by atoms with Crippen LogP contribution in [0.3, 0.4) is 0 Å². The van der Waals surface area contributed by atoms with E-state index in [2.05, 4.69) is 15.7 Å². The van der Waals surface area contributed by atoms with Crippen LogP contribution < -0.4 is 16.6 Å². The number of nitrogens with zero attached hydrogens (tertiary/aromatic N) is 1. The number of rotatable bonds is 3. The molecule has 0 aliphatic carbocycles. The molecule has 0 radical (unpaired) electrons. The molecule has 1 heterocycles. The summed E-state index contributed by atoms with van der Waals surface area (Å²) in [7, 11) is 0. The Morgan fingerprint density at radius 3 is 2.37 bits per heavy atom. The van der Waals surface area contributed by atoms with Crippen LogP contribution in [0.2, 0.25) is 15.1 Å². The fraction of sp³-hybridized carbons (Fsp3) is 0. The number of hydrogen-bond donors (Lipinski definition) is 3. The van der Waals surface area contributed by atoms with E-state index < -0.39 is 5.82 Å². The highest BCUT2D eigenvalue weighted by molar-refractivity contribution is 6.37. The average molecular weight is 322 g/mol. The van der Waals surface area contributed by atoms with Crippen molar-refractivity contribution in [2.24, 2.45) is 5.84 Å². The van der Waals surface area contributed by atoms with E-state index in [9.17, 15) is 4.39 Å². The summed E-state index contributed by atoms with van der Waals surface area (Å²) in [5, 5.41) is 3.37. The molecule has 0 amide bonds. The van der Waals surface area contributed by atoms with Gasteiger partial charge in [-0.05, 0) is 18.2 Å². The Hall–Kier alpha value is -1.27. The molecule has 19 heavy (non-hydrogen) atoms. The van der Waals surface area contributed by atoms with Crippen molar-refractivity contribution in [3.63, 3.8) is 0 Å². The maximum Gasteiger partial charge on any atom is 0.161 e. The Bertz CT molecular complexity index is 601. The number of nitrogens with two attached hydrogens (primary N) is 1. The van der Waals surface area contributed by atoms with Crippen LogP contribution in [-0.2, 0) is 0 Å². The van der Waals surface area contributed by atoms with E-state index in [0.29, 0.717) is 0 Å². The first-order chi connectivity index (χ1) is 9.02. The lowest BCUT2D eigenvalue weighted by molar-refractivity contribution is 0.632. The number of nitrogen functional groups attached to an aromatic ring is 1. The molecule has 1 aromatic heterocycles. The molecule has 100 valence electrons. The molecule has 0 bridgehead atoms. The number of benzene rings is 1. The summed E-state index contributed by atoms with van der Waals surface area (Å²) in [4.78, 5) is 4.03. The highest BCUT2D eigenvalue weighted by Gasteiger charge is 2.12. The number of halogens is 4. The van der Waals surface area contributed by atoms with Crippen LogP contribution in [0, 0.1) is 5.82 Å². The molecular weight excluding hydrogens is 314 g/mol. The summed E-state index contributed by atoms with van der Waals surface area (Å²) < 4.78 is 13.6. The van der Waals surface area contributed by atoms with Crippen LogP contribution in [0.15, 0.2) is 24.3 Å². The summed E-state index contributed by atoms with van der Waals surface area (Å²) in [5.74, 6) is 5.12. The zero-order valence-corrected chi connectivity index (χ0v) is 11.6. The van der Waals surface area contributed by atoms with Gasteiger partial charge in [0.15, 0.2) is 11.6 Å². The van der Waals surface area contributed by atoms with Gasteiger partial charge < -0.3 is 10.7 Å². The maximum absolute atomic E-state index is 13.6. The Balaban J connectivity index is 2.44. The highest BCUT2D eigenvalue weighted by Crippen LogP contribution is 2.33. The third-order valence-electron chi connectivity index (χ3n) is 2.27. The van der Waals surface area contributed by atoms with Gasteiger partial charge >= 0.3 is 0 Å². The van der Waals surface area contributed by atoms with Crippen LogP contribution in [0.4, 0.5) is 21.7 Å². The lowest BCUT2D eigenvalue weighted by Crippen LogP contribution is -2.10. The van der Waals surface area contributed by atoms with Gasteiger partial charge in [-0.15, -0.1) is 0 Å². The van der Waals surface area contributed by atoms with E-state index in [1.54, 1.807) is 6.07 Å². The summed E-state index contributed by atoms with van der Waals surface area (Å²) >= 11 is 17.7. The van der Waals surface area contributed by atoms with Crippen LogP contribution in [0.5, 0.6) is 0 Å². The van der Waals surface area contributed by atoms with Crippen molar-refractivity contribution in [1.82, 2.24) is 4.98 Å². The summed E-state index contributed by atoms with van der Waals surface area (Å²) in [5.41, 5.74) is 2.38. The number of nitrogens with one attached hydrogen (secondary N) is 2. The number of para-hydroxylation sites is 1. The average Bonchev–Trinajstić information content (AvgIpc) is 2.36. The Kier molecular flexibility index (Phi) is 4.31. The van der Waals surface area contributed by atoms with Crippen LogP contribution >= 0.6 is 34.8 Å².